The number of rotatable bonds is 4. The number of piperazine rings is 1. The maximum Gasteiger partial charge on any atom is 0.223 e. The lowest BCUT2D eigenvalue weighted by Gasteiger charge is -2.38. The minimum absolute atomic E-state index is 0.0258. The summed E-state index contributed by atoms with van der Waals surface area (Å²) in [6.07, 6.45) is 0.427. The Morgan fingerprint density at radius 1 is 1.53 bits per heavy atom. The van der Waals surface area contributed by atoms with Crippen LogP contribution in [-0.4, -0.2) is 60.6 Å². The molecule has 0 amide bonds. The van der Waals surface area contributed by atoms with Crippen LogP contribution in [0, 0.1) is 0 Å². The monoisotopic (exact) mass is 279 g/mol. The first-order valence-electron chi connectivity index (χ1n) is 5.79. The molecule has 0 spiro atoms. The highest BCUT2D eigenvalue weighted by molar-refractivity contribution is 7.92. The molecule has 0 aromatic rings. The van der Waals surface area contributed by atoms with Gasteiger partial charge in [0.2, 0.25) is 10.0 Å². The van der Waals surface area contributed by atoms with Crippen molar-refractivity contribution in [2.24, 2.45) is 5.73 Å². The molecule has 1 rings (SSSR count). The molecule has 0 saturated carbocycles. The van der Waals surface area contributed by atoms with Crippen molar-refractivity contribution in [1.29, 1.82) is 0 Å². The molecule has 0 aromatic heterocycles. The van der Waals surface area contributed by atoms with Gasteiger partial charge in [0.25, 0.3) is 0 Å². The van der Waals surface area contributed by atoms with E-state index >= 15 is 0 Å². The molecule has 1 aliphatic rings. The highest BCUT2D eigenvalue weighted by atomic mass is 32.2. The Balaban J connectivity index is 2.93. The highest BCUT2D eigenvalue weighted by Crippen LogP contribution is 2.19. The zero-order valence-corrected chi connectivity index (χ0v) is 12.2. The van der Waals surface area contributed by atoms with Crippen LogP contribution in [0.2, 0.25) is 0 Å². The van der Waals surface area contributed by atoms with Crippen molar-refractivity contribution >= 4 is 27.2 Å². The summed E-state index contributed by atoms with van der Waals surface area (Å²) < 4.78 is 26.4. The highest BCUT2D eigenvalue weighted by Gasteiger charge is 2.37. The molecule has 0 aromatic carbocycles. The second-order valence-corrected chi connectivity index (χ2v) is 7.11. The predicted octanol–water partition coefficient (Wildman–Crippen LogP) is 0.0168. The maximum absolute atomic E-state index is 12.4. The lowest BCUT2D eigenvalue weighted by molar-refractivity contribution is 0.170. The third kappa shape index (κ3) is 3.15. The van der Waals surface area contributed by atoms with Crippen molar-refractivity contribution in [2.75, 3.05) is 26.7 Å². The first-order valence-corrected chi connectivity index (χ1v) is 7.70. The molecule has 0 aliphatic carbocycles. The zero-order valence-electron chi connectivity index (χ0n) is 10.6. The van der Waals surface area contributed by atoms with Crippen LogP contribution >= 0.6 is 12.2 Å². The molecule has 1 heterocycles. The van der Waals surface area contributed by atoms with Gasteiger partial charge in [-0.25, -0.2) is 8.42 Å². The summed E-state index contributed by atoms with van der Waals surface area (Å²) in [4.78, 5) is 2.19. The van der Waals surface area contributed by atoms with Crippen molar-refractivity contribution in [3.63, 3.8) is 0 Å². The summed E-state index contributed by atoms with van der Waals surface area (Å²) in [5.74, 6) is 0. The van der Waals surface area contributed by atoms with Crippen molar-refractivity contribution in [3.8, 4) is 0 Å². The SMILES string of the molecule is CCC(C(N)=S)S(=O)(=O)N1CCN(C)CC1C. The van der Waals surface area contributed by atoms with E-state index in [0.717, 1.165) is 13.1 Å². The molecular weight excluding hydrogens is 258 g/mol. The Bertz CT molecular complexity index is 383. The van der Waals surface area contributed by atoms with Gasteiger partial charge in [-0.2, -0.15) is 4.31 Å². The van der Waals surface area contributed by atoms with E-state index in [4.69, 9.17) is 18.0 Å². The average Bonchev–Trinajstić information content (AvgIpc) is 2.16. The molecule has 0 radical (unpaired) electrons. The van der Waals surface area contributed by atoms with Crippen molar-refractivity contribution in [3.05, 3.63) is 0 Å². The third-order valence-corrected chi connectivity index (χ3v) is 6.08. The van der Waals surface area contributed by atoms with E-state index < -0.39 is 15.3 Å². The molecule has 2 unspecified atom stereocenters. The van der Waals surface area contributed by atoms with E-state index in [1.54, 1.807) is 11.2 Å². The van der Waals surface area contributed by atoms with Crippen LogP contribution in [0.15, 0.2) is 0 Å². The number of sulfonamides is 1. The van der Waals surface area contributed by atoms with E-state index in [2.05, 4.69) is 4.90 Å². The predicted molar refractivity (Wildman–Crippen MR) is 73.4 cm³/mol. The Morgan fingerprint density at radius 3 is 2.53 bits per heavy atom. The van der Waals surface area contributed by atoms with E-state index in [1.807, 2.05) is 14.0 Å². The van der Waals surface area contributed by atoms with Crippen LogP contribution < -0.4 is 5.73 Å². The van der Waals surface area contributed by atoms with Gasteiger partial charge in [-0.1, -0.05) is 19.1 Å². The largest absolute Gasteiger partial charge is 0.392 e. The number of thiocarbonyl (C=S) groups is 1. The smallest absolute Gasteiger partial charge is 0.223 e. The number of nitrogens with two attached hydrogens (primary N) is 1. The molecule has 1 fully saturated rings. The molecule has 2 atom stereocenters. The van der Waals surface area contributed by atoms with Gasteiger partial charge in [0, 0.05) is 25.7 Å². The van der Waals surface area contributed by atoms with Crippen LogP contribution in [-0.2, 0) is 10.0 Å². The first kappa shape index (κ1) is 14.8. The van der Waals surface area contributed by atoms with Gasteiger partial charge in [0.15, 0.2) is 0 Å². The molecule has 0 bridgehead atoms. The summed E-state index contributed by atoms with van der Waals surface area (Å²) in [7, 11) is -1.41. The minimum atomic E-state index is -3.41. The number of nitrogens with zero attached hydrogens (tertiary/aromatic N) is 2. The van der Waals surface area contributed by atoms with Gasteiger partial charge in [-0.3, -0.25) is 0 Å². The van der Waals surface area contributed by atoms with Gasteiger partial charge < -0.3 is 10.6 Å². The quantitative estimate of drug-likeness (QED) is 0.735. The van der Waals surface area contributed by atoms with Crippen molar-refractivity contribution in [2.45, 2.75) is 31.6 Å². The van der Waals surface area contributed by atoms with E-state index in [0.29, 0.717) is 13.0 Å². The molecule has 17 heavy (non-hydrogen) atoms. The van der Waals surface area contributed by atoms with Crippen LogP contribution in [0.25, 0.3) is 0 Å². The maximum atomic E-state index is 12.4. The topological polar surface area (TPSA) is 66.6 Å². The standard InChI is InChI=1S/C10H21N3O2S2/c1-4-9(10(11)16)17(14,15)13-6-5-12(3)7-8(13)2/h8-9H,4-7H2,1-3H3,(H2,11,16). The molecule has 7 heteroatoms. The fourth-order valence-electron chi connectivity index (χ4n) is 2.22. The fourth-order valence-corrected chi connectivity index (χ4v) is 4.70. The average molecular weight is 279 g/mol. The fraction of sp³-hybridized carbons (Fsp3) is 0.900. The van der Waals surface area contributed by atoms with Crippen molar-refractivity contribution in [1.82, 2.24) is 9.21 Å². The first-order chi connectivity index (χ1) is 7.80. The minimum Gasteiger partial charge on any atom is -0.392 e. The number of likely N-dealkylation sites (N-methyl/N-ethyl adjacent to an activating group) is 1. The van der Waals surface area contributed by atoms with E-state index in [1.165, 1.54) is 0 Å². The molecule has 1 aliphatic heterocycles. The van der Waals surface area contributed by atoms with Gasteiger partial charge >= 0.3 is 0 Å². The normalized spacial score (nSPS) is 25.7. The lowest BCUT2D eigenvalue weighted by atomic mass is 10.2. The van der Waals surface area contributed by atoms with Crippen LogP contribution in [0.1, 0.15) is 20.3 Å². The van der Waals surface area contributed by atoms with Gasteiger partial charge in [0.05, 0.1) is 4.99 Å². The second kappa shape index (κ2) is 5.60. The Kier molecular flexibility index (Phi) is 4.88. The Hall–Kier alpha value is -0.240. The van der Waals surface area contributed by atoms with Crippen molar-refractivity contribution < 1.29 is 8.42 Å². The zero-order chi connectivity index (χ0) is 13.2. The van der Waals surface area contributed by atoms with Gasteiger partial charge in [-0.15, -0.1) is 0 Å². The lowest BCUT2D eigenvalue weighted by Crippen LogP contribution is -2.56. The Morgan fingerprint density at radius 2 is 2.12 bits per heavy atom. The number of hydrogen-bond acceptors (Lipinski definition) is 4. The summed E-state index contributed by atoms with van der Waals surface area (Å²) in [5, 5.41) is -0.733. The molecule has 1 saturated heterocycles. The Labute approximate surface area is 109 Å². The summed E-state index contributed by atoms with van der Waals surface area (Å²) in [6.45, 7) is 5.71. The number of hydrogen-bond donors (Lipinski definition) is 1. The summed E-state index contributed by atoms with van der Waals surface area (Å²) in [6, 6.07) is -0.0258. The molecule has 5 nitrogen and oxygen atoms in total. The van der Waals surface area contributed by atoms with Crippen LogP contribution in [0.5, 0.6) is 0 Å². The molecule has 100 valence electrons. The molecular formula is C10H21N3O2S2. The third-order valence-electron chi connectivity index (χ3n) is 3.14. The van der Waals surface area contributed by atoms with Crippen LogP contribution in [0.3, 0.4) is 0 Å². The second-order valence-electron chi connectivity index (χ2n) is 4.57. The molecule has 2 N–H and O–H groups in total. The van der Waals surface area contributed by atoms with Gasteiger partial charge in [0.1, 0.15) is 5.25 Å². The van der Waals surface area contributed by atoms with E-state index in [9.17, 15) is 8.42 Å². The summed E-state index contributed by atoms with van der Waals surface area (Å²) >= 11 is 4.86. The van der Waals surface area contributed by atoms with E-state index in [-0.39, 0.29) is 11.0 Å². The summed E-state index contributed by atoms with van der Waals surface area (Å²) in [5.41, 5.74) is 5.53. The van der Waals surface area contributed by atoms with Gasteiger partial charge in [-0.05, 0) is 20.4 Å². The van der Waals surface area contributed by atoms with Crippen LogP contribution in [0.4, 0.5) is 0 Å².